The Morgan fingerprint density at radius 1 is 1.39 bits per heavy atom. The number of ether oxygens (including phenoxy) is 1. The van der Waals surface area contributed by atoms with Gasteiger partial charge in [0.1, 0.15) is 17.2 Å². The minimum absolute atomic E-state index is 0.0108. The van der Waals surface area contributed by atoms with Crippen LogP contribution in [0, 0.1) is 0 Å². The minimum atomic E-state index is -0.749. The molecule has 0 unspecified atom stereocenters. The molecule has 2 aromatic heterocycles. The predicted octanol–water partition coefficient (Wildman–Crippen LogP) is 4.32. The number of thiophene rings is 1. The monoisotopic (exact) mass is 456 g/mol. The van der Waals surface area contributed by atoms with Gasteiger partial charge in [-0.3, -0.25) is 9.36 Å². The highest BCUT2D eigenvalue weighted by atomic mass is 35.5. The molecule has 1 N–H and O–H groups in total. The zero-order chi connectivity index (χ0) is 19.8. The number of rotatable bonds is 6. The maximum absolute atomic E-state index is 12.8. The number of aliphatic hydroxyl groups is 1. The predicted molar refractivity (Wildman–Crippen MR) is 116 cm³/mol. The summed E-state index contributed by atoms with van der Waals surface area (Å²) in [5.74, 6) is 0.771. The molecule has 9 heteroatoms. The van der Waals surface area contributed by atoms with E-state index in [9.17, 15) is 9.90 Å². The molecule has 148 valence electrons. The van der Waals surface area contributed by atoms with E-state index < -0.39 is 6.10 Å². The van der Waals surface area contributed by atoms with Crippen molar-refractivity contribution in [3.05, 3.63) is 49.0 Å². The first-order valence-corrected chi connectivity index (χ1v) is 11.4. The Balaban J connectivity index is 1.44. The van der Waals surface area contributed by atoms with Crippen LogP contribution < -0.4 is 10.3 Å². The average Bonchev–Trinajstić information content (AvgIpc) is 3.25. The lowest BCUT2D eigenvalue weighted by molar-refractivity contribution is 0.126. The molecule has 0 spiro atoms. The number of aliphatic hydroxyl groups excluding tert-OH is 1. The third-order valence-corrected chi connectivity index (χ3v) is 7.54. The molecule has 0 radical (unpaired) electrons. The number of aromatic nitrogens is 2. The lowest BCUT2D eigenvalue weighted by atomic mass is 10.2. The summed E-state index contributed by atoms with van der Waals surface area (Å²) in [4.78, 5) is 19.5. The highest BCUT2D eigenvalue weighted by Gasteiger charge is 2.22. The Hall–Kier alpha value is -1.25. The number of halogens is 2. The Labute approximate surface area is 180 Å². The number of hydrogen-bond acceptors (Lipinski definition) is 6. The van der Waals surface area contributed by atoms with Gasteiger partial charge in [-0.1, -0.05) is 35.0 Å². The summed E-state index contributed by atoms with van der Waals surface area (Å²) in [6.07, 6.45) is 2.35. The molecule has 1 aliphatic rings. The highest BCUT2D eigenvalue weighted by molar-refractivity contribution is 7.99. The van der Waals surface area contributed by atoms with Crippen LogP contribution in [0.15, 0.2) is 28.2 Å². The number of fused-ring (bicyclic) bond motifs is 3. The number of nitrogens with zero attached hydrogens (tertiary/aromatic N) is 2. The van der Waals surface area contributed by atoms with Crippen LogP contribution in [0.2, 0.25) is 10.0 Å². The van der Waals surface area contributed by atoms with E-state index in [1.165, 1.54) is 22.2 Å². The summed E-state index contributed by atoms with van der Waals surface area (Å²) in [6, 6.07) is 4.93. The van der Waals surface area contributed by atoms with E-state index >= 15 is 0 Å². The van der Waals surface area contributed by atoms with E-state index in [1.54, 1.807) is 41.2 Å². The lowest BCUT2D eigenvalue weighted by Crippen LogP contribution is -2.23. The Morgan fingerprint density at radius 3 is 3.04 bits per heavy atom. The fourth-order valence-electron chi connectivity index (χ4n) is 3.23. The van der Waals surface area contributed by atoms with E-state index in [2.05, 4.69) is 4.98 Å². The third kappa shape index (κ3) is 3.91. The second-order valence-electron chi connectivity index (χ2n) is 6.65. The molecule has 0 saturated heterocycles. The number of thioether (sulfide) groups is 1. The molecular formula is C19H18Cl2N2O3S2. The second-order valence-corrected chi connectivity index (χ2v) is 9.56. The maximum atomic E-state index is 12.8. The van der Waals surface area contributed by atoms with Crippen LogP contribution in [-0.2, 0) is 19.9 Å². The molecule has 3 aromatic rings. The van der Waals surface area contributed by atoms with Gasteiger partial charge in [0, 0.05) is 28.8 Å². The molecule has 1 atom stereocenters. The van der Waals surface area contributed by atoms with Crippen molar-refractivity contribution in [2.45, 2.75) is 30.5 Å². The zero-order valence-corrected chi connectivity index (χ0v) is 18.2. The standard InChI is InChI=1S/C19H18Cl2N2O3S2/c1-23-18(25)16-12-3-2-4-15(12)28-17(16)22-19(23)27-9-11(24)8-26-14-7-10(20)5-6-13(14)21/h5-7,11,24H,2-4,8-9H2,1H3/t11-/m1/s1. The van der Waals surface area contributed by atoms with Crippen molar-refractivity contribution in [1.82, 2.24) is 9.55 Å². The van der Waals surface area contributed by atoms with Gasteiger partial charge in [-0.2, -0.15) is 0 Å². The van der Waals surface area contributed by atoms with Gasteiger partial charge in [0.15, 0.2) is 5.16 Å². The van der Waals surface area contributed by atoms with Crippen molar-refractivity contribution in [3.63, 3.8) is 0 Å². The van der Waals surface area contributed by atoms with Crippen LogP contribution in [0.3, 0.4) is 0 Å². The maximum Gasteiger partial charge on any atom is 0.262 e. The van der Waals surface area contributed by atoms with Crippen LogP contribution in [0.25, 0.3) is 10.2 Å². The Kier molecular flexibility index (Phi) is 5.90. The van der Waals surface area contributed by atoms with Gasteiger partial charge in [0.05, 0.1) is 16.5 Å². The molecule has 2 heterocycles. The largest absolute Gasteiger partial charge is 0.489 e. The minimum Gasteiger partial charge on any atom is -0.489 e. The third-order valence-electron chi connectivity index (χ3n) is 4.63. The topological polar surface area (TPSA) is 64.3 Å². The molecular weight excluding hydrogens is 439 g/mol. The number of aryl methyl sites for hydroxylation is 2. The molecule has 4 rings (SSSR count). The molecule has 0 bridgehead atoms. The van der Waals surface area contributed by atoms with Gasteiger partial charge in [0.2, 0.25) is 0 Å². The quantitative estimate of drug-likeness (QED) is 0.441. The first-order chi connectivity index (χ1) is 13.4. The molecule has 1 aliphatic carbocycles. The second kappa shape index (κ2) is 8.24. The van der Waals surface area contributed by atoms with E-state index in [0.29, 0.717) is 26.7 Å². The van der Waals surface area contributed by atoms with Gasteiger partial charge in [0.25, 0.3) is 5.56 Å². The van der Waals surface area contributed by atoms with Crippen LogP contribution >= 0.6 is 46.3 Å². The van der Waals surface area contributed by atoms with Crippen LogP contribution in [0.5, 0.6) is 5.75 Å². The highest BCUT2D eigenvalue weighted by Crippen LogP contribution is 2.35. The number of benzene rings is 1. The molecule has 1 aromatic carbocycles. The van der Waals surface area contributed by atoms with E-state index in [0.717, 1.165) is 29.5 Å². The molecule has 0 aliphatic heterocycles. The summed E-state index contributed by atoms with van der Waals surface area (Å²) in [6.45, 7) is 0.0660. The summed E-state index contributed by atoms with van der Waals surface area (Å²) in [7, 11) is 1.73. The van der Waals surface area contributed by atoms with Crippen molar-refractivity contribution in [1.29, 1.82) is 0 Å². The van der Waals surface area contributed by atoms with Crippen molar-refractivity contribution < 1.29 is 9.84 Å². The SMILES string of the molecule is Cn1c(SC[C@H](O)COc2cc(Cl)ccc2Cl)nc2sc3c(c2c1=O)CCC3. The van der Waals surface area contributed by atoms with Crippen molar-refractivity contribution in [3.8, 4) is 5.75 Å². The van der Waals surface area contributed by atoms with Gasteiger partial charge < -0.3 is 9.84 Å². The lowest BCUT2D eigenvalue weighted by Gasteiger charge is -2.14. The van der Waals surface area contributed by atoms with Gasteiger partial charge >= 0.3 is 0 Å². The van der Waals surface area contributed by atoms with Gasteiger partial charge in [-0.25, -0.2) is 4.98 Å². The molecule has 28 heavy (non-hydrogen) atoms. The molecule has 0 fully saturated rings. The number of hydrogen-bond donors (Lipinski definition) is 1. The Bertz CT molecular complexity index is 1100. The average molecular weight is 457 g/mol. The van der Waals surface area contributed by atoms with Crippen molar-refractivity contribution in [2.24, 2.45) is 7.05 Å². The summed E-state index contributed by atoms with van der Waals surface area (Å²) in [5.41, 5.74) is 1.17. The molecule has 0 saturated carbocycles. The first-order valence-electron chi connectivity index (χ1n) is 8.84. The van der Waals surface area contributed by atoms with Crippen molar-refractivity contribution in [2.75, 3.05) is 12.4 Å². The van der Waals surface area contributed by atoms with Crippen LogP contribution in [0.4, 0.5) is 0 Å². The molecule has 0 amide bonds. The van der Waals surface area contributed by atoms with Crippen LogP contribution in [-0.4, -0.2) is 33.1 Å². The van der Waals surface area contributed by atoms with E-state index in [4.69, 9.17) is 27.9 Å². The normalized spacial score (nSPS) is 14.4. The summed E-state index contributed by atoms with van der Waals surface area (Å²) >= 11 is 14.9. The van der Waals surface area contributed by atoms with Gasteiger partial charge in [-0.05, 0) is 37.0 Å². The Morgan fingerprint density at radius 2 is 2.21 bits per heavy atom. The zero-order valence-electron chi connectivity index (χ0n) is 15.1. The fraction of sp³-hybridized carbons (Fsp3) is 0.368. The molecule has 5 nitrogen and oxygen atoms in total. The van der Waals surface area contributed by atoms with E-state index in [-0.39, 0.29) is 12.2 Å². The van der Waals surface area contributed by atoms with Crippen molar-refractivity contribution >= 4 is 56.5 Å². The van der Waals surface area contributed by atoms with Crippen LogP contribution in [0.1, 0.15) is 16.9 Å². The smallest absolute Gasteiger partial charge is 0.262 e. The fourth-order valence-corrected chi connectivity index (χ4v) is 5.74. The van der Waals surface area contributed by atoms with E-state index in [1.807, 2.05) is 0 Å². The first kappa shape index (κ1) is 20.0. The summed E-state index contributed by atoms with van der Waals surface area (Å²) < 4.78 is 7.14. The summed E-state index contributed by atoms with van der Waals surface area (Å²) in [5, 5.41) is 12.6. The van der Waals surface area contributed by atoms with Gasteiger partial charge in [-0.15, -0.1) is 11.3 Å².